The molecule has 0 bridgehead atoms. The zero-order chi connectivity index (χ0) is 16.8. The monoisotopic (exact) mass is 351 g/mol. The topological polar surface area (TPSA) is 76.7 Å². The van der Waals surface area contributed by atoms with Gasteiger partial charge in [-0.3, -0.25) is 4.21 Å². The standard InChI is InChI=1S/C16H18ClN3O2S/c1-22-12-6-7-14(17)15(9-12)20-16(18)19-10-11-4-3-5-13(8-11)23(2)21/h3-9H,10H2,1-2H3,(H3,18,19,20). The SMILES string of the molecule is COc1ccc(Cl)c(NC(N)=NCc2cccc(S(C)=O)c2)c1. The van der Waals surface area contributed by atoms with Crippen molar-refractivity contribution in [3.63, 3.8) is 0 Å². The molecule has 7 heteroatoms. The lowest BCUT2D eigenvalue weighted by molar-refractivity contribution is 0.415. The van der Waals surface area contributed by atoms with Crippen LogP contribution in [0.15, 0.2) is 52.4 Å². The van der Waals surface area contributed by atoms with Crippen LogP contribution in [0.25, 0.3) is 0 Å². The number of hydrogen-bond acceptors (Lipinski definition) is 3. The van der Waals surface area contributed by atoms with Crippen molar-refractivity contribution in [2.24, 2.45) is 10.7 Å². The molecule has 0 aliphatic heterocycles. The van der Waals surface area contributed by atoms with Crippen molar-refractivity contribution in [1.82, 2.24) is 0 Å². The summed E-state index contributed by atoms with van der Waals surface area (Å²) in [5.74, 6) is 0.908. The van der Waals surface area contributed by atoms with E-state index in [0.29, 0.717) is 23.0 Å². The van der Waals surface area contributed by atoms with E-state index in [1.165, 1.54) is 0 Å². The third kappa shape index (κ3) is 4.97. The second-order valence-electron chi connectivity index (χ2n) is 4.77. The summed E-state index contributed by atoms with van der Waals surface area (Å²) in [7, 11) is 0.560. The van der Waals surface area contributed by atoms with Gasteiger partial charge >= 0.3 is 0 Å². The second-order valence-corrected chi connectivity index (χ2v) is 6.56. The van der Waals surface area contributed by atoms with Crippen LogP contribution in [0.5, 0.6) is 5.75 Å². The molecule has 2 rings (SSSR count). The largest absolute Gasteiger partial charge is 0.497 e. The Kier molecular flexibility index (Phi) is 6.01. The van der Waals surface area contributed by atoms with Gasteiger partial charge in [0.2, 0.25) is 0 Å². The van der Waals surface area contributed by atoms with Crippen molar-refractivity contribution in [3.05, 3.63) is 53.1 Å². The molecule has 0 fully saturated rings. The lowest BCUT2D eigenvalue weighted by Gasteiger charge is -2.09. The lowest BCUT2D eigenvalue weighted by atomic mass is 10.2. The van der Waals surface area contributed by atoms with Crippen LogP contribution < -0.4 is 15.8 Å². The number of guanidine groups is 1. The van der Waals surface area contributed by atoms with E-state index >= 15 is 0 Å². The Morgan fingerprint density at radius 1 is 1.35 bits per heavy atom. The zero-order valence-electron chi connectivity index (χ0n) is 12.9. The molecule has 122 valence electrons. The highest BCUT2D eigenvalue weighted by Gasteiger charge is 2.04. The van der Waals surface area contributed by atoms with Gasteiger partial charge in [0, 0.05) is 28.0 Å². The van der Waals surface area contributed by atoms with Crippen LogP contribution in [0.1, 0.15) is 5.56 Å². The van der Waals surface area contributed by atoms with Crippen LogP contribution in [0.4, 0.5) is 5.69 Å². The molecule has 1 unspecified atom stereocenters. The van der Waals surface area contributed by atoms with Gasteiger partial charge in [0.25, 0.3) is 0 Å². The number of anilines is 1. The van der Waals surface area contributed by atoms with Crippen LogP contribution in [-0.2, 0) is 17.3 Å². The molecule has 0 saturated heterocycles. The highest BCUT2D eigenvalue weighted by atomic mass is 35.5. The fraction of sp³-hybridized carbons (Fsp3) is 0.188. The number of benzene rings is 2. The predicted octanol–water partition coefficient (Wildman–Crippen LogP) is 3.01. The fourth-order valence-corrected chi connectivity index (χ4v) is 2.66. The Morgan fingerprint density at radius 2 is 2.13 bits per heavy atom. The van der Waals surface area contributed by atoms with Crippen molar-refractivity contribution < 1.29 is 8.95 Å². The summed E-state index contributed by atoms with van der Waals surface area (Å²) in [6.45, 7) is 0.380. The molecule has 0 saturated carbocycles. The third-order valence-corrected chi connectivity index (χ3v) is 4.35. The number of nitrogens with one attached hydrogen (secondary N) is 1. The number of hydrogen-bond donors (Lipinski definition) is 2. The van der Waals surface area contributed by atoms with Crippen molar-refractivity contribution in [3.8, 4) is 5.75 Å². The minimum absolute atomic E-state index is 0.239. The number of nitrogens with zero attached hydrogens (tertiary/aromatic N) is 1. The van der Waals surface area contributed by atoms with E-state index in [4.69, 9.17) is 22.1 Å². The maximum atomic E-state index is 11.5. The summed E-state index contributed by atoms with van der Waals surface area (Å²) in [5, 5.41) is 3.47. The summed E-state index contributed by atoms with van der Waals surface area (Å²) >= 11 is 6.11. The van der Waals surface area contributed by atoms with Crippen LogP contribution in [-0.4, -0.2) is 23.5 Å². The molecule has 0 aromatic heterocycles. The molecular formula is C16H18ClN3O2S. The Labute approximate surface area is 143 Å². The molecule has 3 N–H and O–H groups in total. The number of halogens is 1. The van der Waals surface area contributed by atoms with Gasteiger partial charge in [-0.05, 0) is 29.8 Å². The molecule has 0 spiro atoms. The molecule has 23 heavy (non-hydrogen) atoms. The van der Waals surface area contributed by atoms with Crippen LogP contribution in [0.3, 0.4) is 0 Å². The Balaban J connectivity index is 2.09. The first kappa shape index (κ1) is 17.3. The normalized spacial score (nSPS) is 12.7. The highest BCUT2D eigenvalue weighted by molar-refractivity contribution is 7.84. The number of rotatable bonds is 5. The van der Waals surface area contributed by atoms with Crippen LogP contribution >= 0.6 is 11.6 Å². The van der Waals surface area contributed by atoms with Crippen molar-refractivity contribution in [2.75, 3.05) is 18.7 Å². The first-order chi connectivity index (χ1) is 11.0. The summed E-state index contributed by atoms with van der Waals surface area (Å²) in [6, 6.07) is 12.7. The predicted molar refractivity (Wildman–Crippen MR) is 95.7 cm³/mol. The second kappa shape index (κ2) is 7.99. The summed E-state index contributed by atoms with van der Waals surface area (Å²) < 4.78 is 16.6. The summed E-state index contributed by atoms with van der Waals surface area (Å²) in [5.41, 5.74) is 7.44. The molecular weight excluding hydrogens is 334 g/mol. The quantitative estimate of drug-likeness (QED) is 0.641. The van der Waals surface area contributed by atoms with Crippen molar-refractivity contribution in [2.45, 2.75) is 11.4 Å². The zero-order valence-corrected chi connectivity index (χ0v) is 14.4. The molecule has 2 aromatic rings. The van der Waals surface area contributed by atoms with Gasteiger partial charge in [-0.1, -0.05) is 23.7 Å². The smallest absolute Gasteiger partial charge is 0.193 e. The van der Waals surface area contributed by atoms with E-state index in [-0.39, 0.29) is 5.96 Å². The van der Waals surface area contributed by atoms with Gasteiger partial charge < -0.3 is 15.8 Å². The van der Waals surface area contributed by atoms with E-state index in [0.717, 1.165) is 10.5 Å². The van der Waals surface area contributed by atoms with Crippen molar-refractivity contribution in [1.29, 1.82) is 0 Å². The van der Waals surface area contributed by atoms with Gasteiger partial charge in [0.1, 0.15) is 5.75 Å². The van der Waals surface area contributed by atoms with Gasteiger partial charge in [0.15, 0.2) is 5.96 Å². The Bertz CT molecular complexity index is 750. The molecule has 0 heterocycles. The van der Waals surface area contributed by atoms with Crippen molar-refractivity contribution >= 4 is 34.0 Å². The minimum atomic E-state index is -1.02. The van der Waals surface area contributed by atoms with Gasteiger partial charge in [-0.25, -0.2) is 4.99 Å². The molecule has 0 aliphatic carbocycles. The molecule has 5 nitrogen and oxygen atoms in total. The molecule has 0 radical (unpaired) electrons. The summed E-state index contributed by atoms with van der Waals surface area (Å²) in [4.78, 5) is 5.04. The molecule has 0 amide bonds. The first-order valence-electron chi connectivity index (χ1n) is 6.82. The average Bonchev–Trinajstić information content (AvgIpc) is 2.55. The lowest BCUT2D eigenvalue weighted by Crippen LogP contribution is -2.22. The molecule has 0 aliphatic rings. The van der Waals surface area contributed by atoms with E-state index in [1.807, 2.05) is 24.3 Å². The van der Waals surface area contributed by atoms with Gasteiger partial charge in [-0.15, -0.1) is 0 Å². The maximum Gasteiger partial charge on any atom is 0.193 e. The first-order valence-corrected chi connectivity index (χ1v) is 8.76. The number of nitrogens with two attached hydrogens (primary N) is 1. The molecule has 1 atom stereocenters. The number of ether oxygens (including phenoxy) is 1. The highest BCUT2D eigenvalue weighted by Crippen LogP contribution is 2.26. The van der Waals surface area contributed by atoms with Gasteiger partial charge in [0.05, 0.1) is 24.4 Å². The van der Waals surface area contributed by atoms with E-state index < -0.39 is 10.8 Å². The third-order valence-electron chi connectivity index (χ3n) is 3.10. The van der Waals surface area contributed by atoms with E-state index in [1.54, 1.807) is 31.6 Å². The van der Waals surface area contributed by atoms with E-state index in [9.17, 15) is 4.21 Å². The molecule has 2 aromatic carbocycles. The van der Waals surface area contributed by atoms with Crippen LogP contribution in [0, 0.1) is 0 Å². The Morgan fingerprint density at radius 3 is 2.83 bits per heavy atom. The number of aliphatic imine (C=N–C) groups is 1. The Hall–Kier alpha value is -2.05. The fourth-order valence-electron chi connectivity index (χ4n) is 1.90. The van der Waals surface area contributed by atoms with Crippen LogP contribution in [0.2, 0.25) is 5.02 Å². The van der Waals surface area contributed by atoms with E-state index in [2.05, 4.69) is 10.3 Å². The van der Waals surface area contributed by atoms with Gasteiger partial charge in [-0.2, -0.15) is 0 Å². The minimum Gasteiger partial charge on any atom is -0.497 e. The average molecular weight is 352 g/mol. The number of methoxy groups -OCH3 is 1. The maximum absolute atomic E-state index is 11.5. The summed E-state index contributed by atoms with van der Waals surface area (Å²) in [6.07, 6.45) is 1.64.